The minimum absolute atomic E-state index is 0.119. The quantitative estimate of drug-likeness (QED) is 0.368. The number of aromatic nitrogens is 6. The van der Waals surface area contributed by atoms with E-state index < -0.39 is 0 Å². The average molecular weight is 505 g/mol. The molecule has 0 bridgehead atoms. The lowest BCUT2D eigenvalue weighted by molar-refractivity contribution is 0.191. The topological polar surface area (TPSA) is 120 Å². The van der Waals surface area contributed by atoms with E-state index in [0.29, 0.717) is 43.8 Å². The number of amides is 2. The number of hydrogen-bond donors (Lipinski definition) is 3. The molecule has 1 atom stereocenters. The van der Waals surface area contributed by atoms with Crippen LogP contribution in [-0.2, 0) is 0 Å². The molecule has 0 radical (unpaired) electrons. The Morgan fingerprint density at radius 1 is 1.05 bits per heavy atom. The van der Waals surface area contributed by atoms with Gasteiger partial charge in [0.2, 0.25) is 5.95 Å². The molecule has 12 heteroatoms. The van der Waals surface area contributed by atoms with Crippen LogP contribution in [0, 0.1) is 19.7 Å². The van der Waals surface area contributed by atoms with Gasteiger partial charge in [0, 0.05) is 49.7 Å². The maximum Gasteiger partial charge on any atom is 0.317 e. The Bertz CT molecular complexity index is 1370. The maximum atomic E-state index is 13.2. The van der Waals surface area contributed by atoms with Crippen LogP contribution in [0.3, 0.4) is 0 Å². The third kappa shape index (κ3) is 5.68. The molecule has 192 valence electrons. The van der Waals surface area contributed by atoms with Crippen molar-refractivity contribution in [2.24, 2.45) is 0 Å². The Morgan fingerprint density at radius 3 is 2.46 bits per heavy atom. The monoisotopic (exact) mass is 504 g/mol. The number of rotatable bonds is 6. The smallest absolute Gasteiger partial charge is 0.317 e. The molecular formula is C25H29FN10O. The summed E-state index contributed by atoms with van der Waals surface area (Å²) in [4.78, 5) is 26.0. The van der Waals surface area contributed by atoms with E-state index in [4.69, 9.17) is 0 Å². The number of piperazine rings is 1. The van der Waals surface area contributed by atoms with Gasteiger partial charge in [-0.2, -0.15) is 15.2 Å². The predicted molar refractivity (Wildman–Crippen MR) is 138 cm³/mol. The molecule has 1 saturated heterocycles. The highest BCUT2D eigenvalue weighted by Gasteiger charge is 2.24. The summed E-state index contributed by atoms with van der Waals surface area (Å²) in [5, 5.41) is 17.3. The molecule has 0 saturated carbocycles. The van der Waals surface area contributed by atoms with Crippen molar-refractivity contribution in [1.29, 1.82) is 0 Å². The van der Waals surface area contributed by atoms with Gasteiger partial charge in [-0.3, -0.25) is 5.10 Å². The number of benzene rings is 1. The van der Waals surface area contributed by atoms with Gasteiger partial charge in [0.15, 0.2) is 11.6 Å². The zero-order chi connectivity index (χ0) is 25.9. The summed E-state index contributed by atoms with van der Waals surface area (Å²) >= 11 is 0. The highest BCUT2D eigenvalue weighted by atomic mass is 19.1. The number of carbonyl (C=O) groups is 1. The second-order valence-electron chi connectivity index (χ2n) is 9.10. The van der Waals surface area contributed by atoms with Gasteiger partial charge in [0.25, 0.3) is 0 Å². The number of anilines is 3. The first kappa shape index (κ1) is 24.2. The van der Waals surface area contributed by atoms with E-state index in [1.165, 1.54) is 17.1 Å². The van der Waals surface area contributed by atoms with E-state index in [2.05, 4.69) is 40.8 Å². The van der Waals surface area contributed by atoms with Crippen LogP contribution in [0.2, 0.25) is 0 Å². The van der Waals surface area contributed by atoms with E-state index >= 15 is 0 Å². The van der Waals surface area contributed by atoms with E-state index in [1.54, 1.807) is 4.90 Å². The summed E-state index contributed by atoms with van der Waals surface area (Å²) in [5.41, 5.74) is 3.50. The van der Waals surface area contributed by atoms with Gasteiger partial charge in [-0.15, -0.1) is 0 Å². The summed E-state index contributed by atoms with van der Waals surface area (Å²) in [5.74, 6) is 1.61. The molecule has 2 amide bonds. The number of aromatic amines is 1. The molecule has 1 aromatic carbocycles. The molecule has 5 rings (SSSR count). The van der Waals surface area contributed by atoms with Gasteiger partial charge in [0.1, 0.15) is 5.82 Å². The molecule has 3 aromatic heterocycles. The number of H-pyrrole nitrogens is 1. The van der Waals surface area contributed by atoms with Crippen molar-refractivity contribution in [1.82, 2.24) is 40.2 Å². The van der Waals surface area contributed by atoms with Crippen LogP contribution in [0.25, 0.3) is 5.69 Å². The van der Waals surface area contributed by atoms with Crippen molar-refractivity contribution >= 4 is 23.6 Å². The fourth-order valence-corrected chi connectivity index (χ4v) is 4.20. The van der Waals surface area contributed by atoms with E-state index in [-0.39, 0.29) is 17.9 Å². The lowest BCUT2D eigenvalue weighted by atomic mass is 10.1. The summed E-state index contributed by atoms with van der Waals surface area (Å²) in [6, 6.07) is 11.0. The summed E-state index contributed by atoms with van der Waals surface area (Å²) in [6.07, 6.45) is 2.48. The van der Waals surface area contributed by atoms with E-state index in [0.717, 1.165) is 22.6 Å². The minimum Gasteiger partial charge on any atom is -0.337 e. The zero-order valence-corrected chi connectivity index (χ0v) is 20.9. The Kier molecular flexibility index (Phi) is 6.71. The third-order valence-electron chi connectivity index (χ3n) is 6.20. The SMILES string of the molecule is Cc1cc(Nc2cc(C)[nH]n2)nc(N2CCN(C(=O)N[C@@H](C)c3ccc(-n4cc(F)cn4)cc3)CC2)n1. The van der Waals surface area contributed by atoms with Crippen LogP contribution in [0.5, 0.6) is 0 Å². The fourth-order valence-electron chi connectivity index (χ4n) is 4.20. The molecule has 1 aliphatic rings. The van der Waals surface area contributed by atoms with Crippen LogP contribution in [0.15, 0.2) is 48.8 Å². The van der Waals surface area contributed by atoms with Crippen molar-refractivity contribution in [2.75, 3.05) is 36.4 Å². The average Bonchev–Trinajstić information content (AvgIpc) is 3.51. The summed E-state index contributed by atoms with van der Waals surface area (Å²) in [6.45, 7) is 8.17. The first-order chi connectivity index (χ1) is 17.8. The van der Waals surface area contributed by atoms with E-state index in [9.17, 15) is 9.18 Å². The summed E-state index contributed by atoms with van der Waals surface area (Å²) < 4.78 is 14.7. The minimum atomic E-state index is -0.389. The number of carbonyl (C=O) groups excluding carboxylic acids is 1. The second-order valence-corrected chi connectivity index (χ2v) is 9.10. The Morgan fingerprint density at radius 2 is 1.81 bits per heavy atom. The predicted octanol–water partition coefficient (Wildman–Crippen LogP) is 3.48. The molecular weight excluding hydrogens is 475 g/mol. The first-order valence-corrected chi connectivity index (χ1v) is 12.1. The Hall–Kier alpha value is -4.48. The van der Waals surface area contributed by atoms with E-state index in [1.807, 2.05) is 57.2 Å². The summed E-state index contributed by atoms with van der Waals surface area (Å²) in [7, 11) is 0. The number of nitrogens with one attached hydrogen (secondary N) is 3. The lowest BCUT2D eigenvalue weighted by Gasteiger charge is -2.35. The second kappa shape index (κ2) is 10.2. The van der Waals surface area contributed by atoms with Crippen LogP contribution >= 0.6 is 0 Å². The molecule has 4 heterocycles. The van der Waals surface area contributed by atoms with Crippen LogP contribution in [-0.4, -0.2) is 67.1 Å². The van der Waals surface area contributed by atoms with Gasteiger partial charge in [-0.25, -0.2) is 18.9 Å². The molecule has 4 aromatic rings. The number of urea groups is 1. The molecule has 37 heavy (non-hydrogen) atoms. The molecule has 0 spiro atoms. The van der Waals surface area contributed by atoms with Crippen molar-refractivity contribution in [3.05, 3.63) is 71.6 Å². The van der Waals surface area contributed by atoms with Crippen molar-refractivity contribution in [2.45, 2.75) is 26.8 Å². The van der Waals surface area contributed by atoms with Gasteiger partial charge < -0.3 is 20.4 Å². The van der Waals surface area contributed by atoms with Crippen LogP contribution < -0.4 is 15.5 Å². The molecule has 0 unspecified atom stereocenters. The van der Waals surface area contributed by atoms with Gasteiger partial charge in [0.05, 0.1) is 24.1 Å². The number of nitrogens with zero attached hydrogens (tertiary/aromatic N) is 7. The molecule has 1 aliphatic heterocycles. The van der Waals surface area contributed by atoms with Crippen molar-refractivity contribution < 1.29 is 9.18 Å². The zero-order valence-electron chi connectivity index (χ0n) is 20.9. The highest BCUT2D eigenvalue weighted by molar-refractivity contribution is 5.75. The molecule has 11 nitrogen and oxygen atoms in total. The number of aryl methyl sites for hydroxylation is 2. The number of halogens is 1. The first-order valence-electron chi connectivity index (χ1n) is 12.1. The number of hydrogen-bond acceptors (Lipinski definition) is 7. The normalized spacial score (nSPS) is 14.5. The van der Waals surface area contributed by atoms with Crippen LogP contribution in [0.4, 0.5) is 26.8 Å². The molecule has 1 fully saturated rings. The fraction of sp³-hybridized carbons (Fsp3) is 0.320. The highest BCUT2D eigenvalue weighted by Crippen LogP contribution is 2.20. The van der Waals surface area contributed by atoms with Gasteiger partial charge in [-0.1, -0.05) is 12.1 Å². The molecule has 0 aliphatic carbocycles. The van der Waals surface area contributed by atoms with Gasteiger partial charge >= 0.3 is 6.03 Å². The van der Waals surface area contributed by atoms with Crippen molar-refractivity contribution in [3.8, 4) is 5.69 Å². The maximum absolute atomic E-state index is 13.2. The molecule has 3 N–H and O–H groups in total. The van der Waals surface area contributed by atoms with Gasteiger partial charge in [-0.05, 0) is 38.5 Å². The Balaban J connectivity index is 1.16. The Labute approximate surface area is 213 Å². The van der Waals surface area contributed by atoms with Crippen molar-refractivity contribution in [3.63, 3.8) is 0 Å². The van der Waals surface area contributed by atoms with Crippen LogP contribution in [0.1, 0.15) is 29.9 Å². The standard InChI is InChI=1S/C25H29FN10O/c1-16-12-22(30-23-13-17(2)32-33-23)31-24(28-16)34-8-10-35(11-9-34)25(37)29-18(3)19-4-6-21(7-5-19)36-15-20(26)14-27-36/h4-7,12-15,18H,8-11H2,1-3H3,(H,29,37)(H2,28,30,31,32,33)/t18-/m0/s1. The largest absolute Gasteiger partial charge is 0.337 e. The third-order valence-corrected chi connectivity index (χ3v) is 6.20. The lowest BCUT2D eigenvalue weighted by Crippen LogP contribution is -2.52.